The number of rotatable bonds is 3. The van der Waals surface area contributed by atoms with E-state index in [9.17, 15) is 8.42 Å². The summed E-state index contributed by atoms with van der Waals surface area (Å²) >= 11 is 5.98. The Kier molecular flexibility index (Phi) is 4.16. The number of hydrogen-bond donors (Lipinski definition) is 1. The zero-order valence-corrected chi connectivity index (χ0v) is 13.7. The van der Waals surface area contributed by atoms with Crippen LogP contribution in [0.3, 0.4) is 0 Å². The first-order valence-corrected chi connectivity index (χ1v) is 8.16. The van der Waals surface area contributed by atoms with Crippen LogP contribution in [0, 0.1) is 13.8 Å². The second-order valence-corrected chi connectivity index (χ2v) is 7.30. The van der Waals surface area contributed by atoms with Crippen molar-refractivity contribution in [2.24, 2.45) is 0 Å². The standard InChI is InChI=1S/C15H17ClN2O2S/c1-10-5-4-6-12(7-10)18(3)21(19,20)13-8-11(2)15(16)14(17)9-13/h4-9H,17H2,1-3H3. The molecule has 0 aliphatic heterocycles. The smallest absolute Gasteiger partial charge is 0.264 e. The molecule has 4 nitrogen and oxygen atoms in total. The van der Waals surface area contributed by atoms with Crippen LogP contribution in [-0.4, -0.2) is 15.5 Å². The molecule has 112 valence electrons. The van der Waals surface area contributed by atoms with E-state index in [0.717, 1.165) is 5.56 Å². The number of benzene rings is 2. The van der Waals surface area contributed by atoms with E-state index in [1.165, 1.54) is 23.5 Å². The lowest BCUT2D eigenvalue weighted by atomic mass is 10.2. The van der Waals surface area contributed by atoms with E-state index in [0.29, 0.717) is 16.3 Å². The summed E-state index contributed by atoms with van der Waals surface area (Å²) in [6, 6.07) is 10.2. The molecule has 0 radical (unpaired) electrons. The van der Waals surface area contributed by atoms with Crippen molar-refractivity contribution >= 4 is 33.0 Å². The summed E-state index contributed by atoms with van der Waals surface area (Å²) in [6.07, 6.45) is 0. The summed E-state index contributed by atoms with van der Waals surface area (Å²) in [6.45, 7) is 3.64. The molecular formula is C15H17ClN2O2S. The Labute approximate surface area is 130 Å². The molecule has 0 amide bonds. The van der Waals surface area contributed by atoms with E-state index in [4.69, 9.17) is 17.3 Å². The van der Waals surface area contributed by atoms with Crippen LogP contribution in [0.5, 0.6) is 0 Å². The van der Waals surface area contributed by atoms with Crippen LogP contribution in [0.4, 0.5) is 11.4 Å². The van der Waals surface area contributed by atoms with E-state index < -0.39 is 10.0 Å². The molecule has 0 unspecified atom stereocenters. The van der Waals surface area contributed by atoms with Gasteiger partial charge in [-0.05, 0) is 49.2 Å². The van der Waals surface area contributed by atoms with Crippen molar-refractivity contribution in [1.29, 1.82) is 0 Å². The van der Waals surface area contributed by atoms with Crippen LogP contribution in [-0.2, 0) is 10.0 Å². The first kappa shape index (κ1) is 15.7. The maximum atomic E-state index is 12.7. The second-order valence-electron chi connectivity index (χ2n) is 4.95. The highest BCUT2D eigenvalue weighted by atomic mass is 35.5. The Bertz CT molecular complexity index is 765. The first-order valence-electron chi connectivity index (χ1n) is 6.34. The van der Waals surface area contributed by atoms with Gasteiger partial charge in [-0.2, -0.15) is 0 Å². The van der Waals surface area contributed by atoms with Gasteiger partial charge in [0.2, 0.25) is 0 Å². The SMILES string of the molecule is Cc1cccc(N(C)S(=O)(=O)c2cc(C)c(Cl)c(N)c2)c1. The van der Waals surface area contributed by atoms with Crippen LogP contribution in [0.1, 0.15) is 11.1 Å². The molecule has 0 bridgehead atoms. The molecule has 6 heteroatoms. The van der Waals surface area contributed by atoms with Gasteiger partial charge in [-0.15, -0.1) is 0 Å². The summed E-state index contributed by atoms with van der Waals surface area (Å²) in [5.41, 5.74) is 8.24. The molecule has 0 heterocycles. The molecule has 2 aromatic carbocycles. The first-order chi connectivity index (χ1) is 9.73. The lowest BCUT2D eigenvalue weighted by molar-refractivity contribution is 0.594. The number of hydrogen-bond acceptors (Lipinski definition) is 3. The Morgan fingerprint density at radius 3 is 2.38 bits per heavy atom. The maximum absolute atomic E-state index is 12.7. The van der Waals surface area contributed by atoms with Crippen molar-refractivity contribution < 1.29 is 8.42 Å². The van der Waals surface area contributed by atoms with Gasteiger partial charge in [-0.1, -0.05) is 23.7 Å². The molecule has 0 saturated carbocycles. The molecule has 0 saturated heterocycles. The zero-order valence-electron chi connectivity index (χ0n) is 12.1. The Hall–Kier alpha value is -1.72. The number of anilines is 2. The van der Waals surface area contributed by atoms with Crippen molar-refractivity contribution in [2.75, 3.05) is 17.1 Å². The van der Waals surface area contributed by atoms with Gasteiger partial charge in [0.05, 0.1) is 21.3 Å². The van der Waals surface area contributed by atoms with Gasteiger partial charge in [0.25, 0.3) is 10.0 Å². The highest BCUT2D eigenvalue weighted by Gasteiger charge is 2.23. The highest BCUT2D eigenvalue weighted by molar-refractivity contribution is 7.92. The lowest BCUT2D eigenvalue weighted by Crippen LogP contribution is -2.26. The molecule has 2 N–H and O–H groups in total. The maximum Gasteiger partial charge on any atom is 0.264 e. The number of nitrogens with zero attached hydrogens (tertiary/aromatic N) is 1. The highest BCUT2D eigenvalue weighted by Crippen LogP contribution is 2.29. The Morgan fingerprint density at radius 2 is 1.81 bits per heavy atom. The molecule has 0 fully saturated rings. The fourth-order valence-corrected chi connectivity index (χ4v) is 3.45. The molecule has 0 spiro atoms. The number of nitrogen functional groups attached to an aromatic ring is 1. The molecule has 0 aromatic heterocycles. The van der Waals surface area contributed by atoms with Crippen molar-refractivity contribution in [2.45, 2.75) is 18.7 Å². The minimum absolute atomic E-state index is 0.130. The normalized spacial score (nSPS) is 11.4. The van der Waals surface area contributed by atoms with Crippen LogP contribution in [0.25, 0.3) is 0 Å². The molecule has 0 atom stereocenters. The van der Waals surface area contributed by atoms with E-state index in [2.05, 4.69) is 0 Å². The predicted octanol–water partition coefficient (Wildman–Crippen LogP) is 3.36. The van der Waals surface area contributed by atoms with Gasteiger partial charge in [0, 0.05) is 7.05 Å². The fraction of sp³-hybridized carbons (Fsp3) is 0.200. The largest absolute Gasteiger partial charge is 0.397 e. The van der Waals surface area contributed by atoms with Crippen molar-refractivity contribution in [3.05, 3.63) is 52.5 Å². The van der Waals surface area contributed by atoms with Crippen LogP contribution < -0.4 is 10.0 Å². The van der Waals surface area contributed by atoms with Gasteiger partial charge in [0.15, 0.2) is 0 Å². The third-order valence-corrected chi connectivity index (χ3v) is 5.56. The Balaban J connectivity index is 2.52. The predicted molar refractivity (Wildman–Crippen MR) is 87.4 cm³/mol. The topological polar surface area (TPSA) is 63.4 Å². The molecule has 21 heavy (non-hydrogen) atoms. The van der Waals surface area contributed by atoms with Crippen LogP contribution in [0.15, 0.2) is 41.3 Å². The molecule has 2 aromatic rings. The monoisotopic (exact) mass is 324 g/mol. The van der Waals surface area contributed by atoms with E-state index in [1.54, 1.807) is 13.0 Å². The number of sulfonamides is 1. The number of halogens is 1. The third kappa shape index (κ3) is 2.99. The van der Waals surface area contributed by atoms with Crippen molar-refractivity contribution in [3.8, 4) is 0 Å². The van der Waals surface area contributed by atoms with Gasteiger partial charge in [0.1, 0.15) is 0 Å². The third-order valence-electron chi connectivity index (χ3n) is 3.28. The average molecular weight is 325 g/mol. The minimum Gasteiger partial charge on any atom is -0.397 e. The van der Waals surface area contributed by atoms with Crippen LogP contribution >= 0.6 is 11.6 Å². The molecule has 2 rings (SSSR count). The zero-order chi connectivity index (χ0) is 15.8. The van der Waals surface area contributed by atoms with Crippen molar-refractivity contribution in [1.82, 2.24) is 0 Å². The molecule has 0 aliphatic carbocycles. The van der Waals surface area contributed by atoms with Gasteiger partial charge < -0.3 is 5.73 Å². The molecular weight excluding hydrogens is 308 g/mol. The summed E-state index contributed by atoms with van der Waals surface area (Å²) < 4.78 is 26.6. The number of aryl methyl sites for hydroxylation is 2. The quantitative estimate of drug-likeness (QED) is 0.880. The van der Waals surface area contributed by atoms with E-state index in [1.807, 2.05) is 25.1 Å². The summed E-state index contributed by atoms with van der Waals surface area (Å²) in [7, 11) is -2.16. The summed E-state index contributed by atoms with van der Waals surface area (Å²) in [4.78, 5) is 0.130. The fourth-order valence-electron chi connectivity index (χ4n) is 2.03. The van der Waals surface area contributed by atoms with Crippen LogP contribution in [0.2, 0.25) is 5.02 Å². The Morgan fingerprint density at radius 1 is 1.14 bits per heavy atom. The summed E-state index contributed by atoms with van der Waals surface area (Å²) in [5.74, 6) is 0. The van der Waals surface area contributed by atoms with Gasteiger partial charge >= 0.3 is 0 Å². The molecule has 0 aliphatic rings. The average Bonchev–Trinajstić information content (AvgIpc) is 2.43. The van der Waals surface area contributed by atoms with E-state index in [-0.39, 0.29) is 10.6 Å². The van der Waals surface area contributed by atoms with Gasteiger partial charge in [-0.3, -0.25) is 4.31 Å². The minimum atomic E-state index is -3.68. The number of nitrogens with two attached hydrogens (primary N) is 1. The van der Waals surface area contributed by atoms with E-state index >= 15 is 0 Å². The lowest BCUT2D eigenvalue weighted by Gasteiger charge is -2.20. The summed E-state index contributed by atoms with van der Waals surface area (Å²) in [5, 5.41) is 0.382. The van der Waals surface area contributed by atoms with Gasteiger partial charge in [-0.25, -0.2) is 8.42 Å². The second kappa shape index (κ2) is 5.58. The van der Waals surface area contributed by atoms with Crippen molar-refractivity contribution in [3.63, 3.8) is 0 Å².